The number of aromatic nitrogens is 3. The van der Waals surface area contributed by atoms with Gasteiger partial charge >= 0.3 is 0 Å². The average Bonchev–Trinajstić information content (AvgIpc) is 2.76. The van der Waals surface area contributed by atoms with Crippen molar-refractivity contribution in [2.45, 2.75) is 18.4 Å². The number of pyridine rings is 1. The zero-order valence-electron chi connectivity index (χ0n) is 17.1. The molecule has 0 spiro atoms. The van der Waals surface area contributed by atoms with E-state index in [4.69, 9.17) is 0 Å². The summed E-state index contributed by atoms with van der Waals surface area (Å²) in [5, 5.41) is 11.6. The first-order valence-electron chi connectivity index (χ1n) is 10.2. The molecule has 1 amide bonds. The largest absolute Gasteiger partial charge is 0.349 e. The fourth-order valence-corrected chi connectivity index (χ4v) is 4.92. The van der Waals surface area contributed by atoms with E-state index in [1.807, 2.05) is 10.6 Å². The Morgan fingerprint density at radius 1 is 1.13 bits per heavy atom. The minimum Gasteiger partial charge on any atom is -0.349 e. The lowest BCUT2D eigenvalue weighted by atomic mass is 9.79. The number of aryl methyl sites for hydroxylation is 1. The van der Waals surface area contributed by atoms with E-state index in [1.54, 1.807) is 36.4 Å². The number of benzene rings is 1. The van der Waals surface area contributed by atoms with Gasteiger partial charge in [-0.2, -0.15) is 5.10 Å². The van der Waals surface area contributed by atoms with E-state index in [-0.39, 0.29) is 47.1 Å². The number of fused-ring (bicyclic) bond motifs is 5. The summed E-state index contributed by atoms with van der Waals surface area (Å²) in [5.41, 5.74) is 0.961. The van der Waals surface area contributed by atoms with Crippen LogP contribution in [0.25, 0.3) is 10.8 Å². The number of halogens is 1. The Kier molecular flexibility index (Phi) is 5.68. The van der Waals surface area contributed by atoms with E-state index in [2.05, 4.69) is 15.7 Å². The van der Waals surface area contributed by atoms with Crippen molar-refractivity contribution in [2.24, 2.45) is 13.0 Å². The van der Waals surface area contributed by atoms with Crippen LogP contribution in [0.15, 0.2) is 52.1 Å². The fourth-order valence-electron chi connectivity index (χ4n) is 4.92. The van der Waals surface area contributed by atoms with Crippen LogP contribution in [0.4, 0.5) is 0 Å². The minimum atomic E-state index is -0.349. The maximum atomic E-state index is 13.0. The standard InChI is InChI=1S/C22H23N5O3.ClH/c1-26-22(30)16-6-3-2-5-15(16)20(25-26)21(29)24-12-18-14-9-13(10-23-11-14)17-7-4-8-19(28)27(17)18;/h2-8,13-14,18,23H,9-12H2,1H3,(H,24,29);1H/t13-,14+,18+;/m1./s1. The summed E-state index contributed by atoms with van der Waals surface area (Å²) in [7, 11) is 1.54. The zero-order valence-corrected chi connectivity index (χ0v) is 17.9. The third-order valence-electron chi connectivity index (χ3n) is 6.34. The topological polar surface area (TPSA) is 98.0 Å². The smallest absolute Gasteiger partial charge is 0.274 e. The summed E-state index contributed by atoms with van der Waals surface area (Å²) in [4.78, 5) is 38.0. The molecule has 1 fully saturated rings. The van der Waals surface area contributed by atoms with Crippen molar-refractivity contribution in [3.8, 4) is 0 Å². The van der Waals surface area contributed by atoms with Crippen molar-refractivity contribution in [2.75, 3.05) is 19.6 Å². The summed E-state index contributed by atoms with van der Waals surface area (Å²) in [6.07, 6.45) is 0.998. The van der Waals surface area contributed by atoms with Crippen LogP contribution in [0.2, 0.25) is 0 Å². The Balaban J connectivity index is 0.00000231. The molecular formula is C22H24ClN5O3. The lowest BCUT2D eigenvalue weighted by Crippen LogP contribution is -2.50. The van der Waals surface area contributed by atoms with E-state index >= 15 is 0 Å². The Morgan fingerprint density at radius 2 is 1.90 bits per heavy atom. The molecule has 2 aliphatic rings. The SMILES string of the molecule is Cl.Cn1nc(C(=O)NC[C@H]2[C@@H]3CNC[C@@H](C3)c3cccc(=O)n32)c2ccccc2c1=O. The van der Waals surface area contributed by atoms with Crippen molar-refractivity contribution >= 4 is 29.1 Å². The Labute approximate surface area is 184 Å². The Morgan fingerprint density at radius 3 is 2.71 bits per heavy atom. The molecule has 1 aromatic carbocycles. The number of nitrogens with one attached hydrogen (secondary N) is 2. The van der Waals surface area contributed by atoms with Gasteiger partial charge in [-0.25, -0.2) is 4.68 Å². The van der Waals surface area contributed by atoms with Gasteiger partial charge in [0.2, 0.25) is 0 Å². The summed E-state index contributed by atoms with van der Waals surface area (Å²) in [6, 6.07) is 12.2. The van der Waals surface area contributed by atoms with Crippen molar-refractivity contribution in [3.63, 3.8) is 0 Å². The number of carbonyl (C=O) groups is 1. The van der Waals surface area contributed by atoms with E-state index in [0.29, 0.717) is 23.2 Å². The van der Waals surface area contributed by atoms with Gasteiger partial charge in [-0.3, -0.25) is 14.4 Å². The number of rotatable bonds is 3. The molecular weight excluding hydrogens is 418 g/mol. The van der Waals surface area contributed by atoms with Gasteiger partial charge in [-0.15, -0.1) is 12.4 Å². The second kappa shape index (κ2) is 8.28. The number of piperidine rings is 1. The maximum absolute atomic E-state index is 13.0. The zero-order chi connectivity index (χ0) is 20.8. The van der Waals surface area contributed by atoms with Gasteiger partial charge in [0.05, 0.1) is 11.4 Å². The first-order valence-corrected chi connectivity index (χ1v) is 10.2. The second-order valence-electron chi connectivity index (χ2n) is 8.11. The quantitative estimate of drug-likeness (QED) is 0.636. The molecule has 2 aromatic heterocycles. The van der Waals surface area contributed by atoms with Gasteiger partial charge in [-0.05, 0) is 24.5 Å². The van der Waals surface area contributed by atoms with Gasteiger partial charge in [0.25, 0.3) is 17.0 Å². The Hall–Kier alpha value is -2.97. The number of hydrogen-bond acceptors (Lipinski definition) is 5. The normalized spacial score (nSPS) is 21.8. The van der Waals surface area contributed by atoms with E-state index in [0.717, 1.165) is 25.2 Å². The van der Waals surface area contributed by atoms with Gasteiger partial charge < -0.3 is 15.2 Å². The summed E-state index contributed by atoms with van der Waals surface area (Å²) < 4.78 is 3.04. The molecule has 1 saturated heterocycles. The monoisotopic (exact) mass is 441 g/mol. The third kappa shape index (κ3) is 3.55. The summed E-state index contributed by atoms with van der Waals surface area (Å²) >= 11 is 0. The number of nitrogens with zero attached hydrogens (tertiary/aromatic N) is 3. The molecule has 0 unspecified atom stereocenters. The predicted octanol–water partition coefficient (Wildman–Crippen LogP) is 1.19. The molecule has 0 radical (unpaired) electrons. The number of amides is 1. The van der Waals surface area contributed by atoms with Crippen LogP contribution < -0.4 is 21.8 Å². The van der Waals surface area contributed by atoms with Crippen molar-refractivity contribution in [1.29, 1.82) is 0 Å². The molecule has 0 saturated carbocycles. The maximum Gasteiger partial charge on any atom is 0.274 e. The van der Waals surface area contributed by atoms with Gasteiger partial charge in [0.1, 0.15) is 0 Å². The highest BCUT2D eigenvalue weighted by atomic mass is 35.5. The molecule has 3 aromatic rings. The molecule has 3 atom stereocenters. The van der Waals surface area contributed by atoms with Crippen LogP contribution in [-0.2, 0) is 7.05 Å². The van der Waals surface area contributed by atoms with Crippen LogP contribution in [-0.4, -0.2) is 39.9 Å². The average molecular weight is 442 g/mol. The molecule has 162 valence electrons. The van der Waals surface area contributed by atoms with E-state index in [1.165, 1.54) is 11.7 Å². The molecule has 8 nitrogen and oxygen atoms in total. The highest BCUT2D eigenvalue weighted by Gasteiger charge is 2.37. The highest BCUT2D eigenvalue weighted by Crippen LogP contribution is 2.38. The van der Waals surface area contributed by atoms with Crippen molar-refractivity contribution < 1.29 is 4.79 Å². The molecule has 0 aliphatic carbocycles. The fraction of sp³-hybridized carbons (Fsp3) is 0.364. The predicted molar refractivity (Wildman–Crippen MR) is 120 cm³/mol. The first kappa shape index (κ1) is 21.3. The second-order valence-corrected chi connectivity index (χ2v) is 8.11. The highest BCUT2D eigenvalue weighted by molar-refractivity contribution is 6.04. The molecule has 2 aliphatic heterocycles. The lowest BCUT2D eigenvalue weighted by molar-refractivity contribution is 0.0927. The lowest BCUT2D eigenvalue weighted by Gasteiger charge is -2.43. The van der Waals surface area contributed by atoms with Crippen LogP contribution in [0, 0.1) is 5.92 Å². The van der Waals surface area contributed by atoms with Crippen LogP contribution in [0.1, 0.15) is 34.6 Å². The van der Waals surface area contributed by atoms with Crippen molar-refractivity contribution in [1.82, 2.24) is 25.0 Å². The van der Waals surface area contributed by atoms with Gasteiger partial charge in [0, 0.05) is 49.7 Å². The first-order chi connectivity index (χ1) is 14.5. The van der Waals surface area contributed by atoms with Crippen LogP contribution in [0.5, 0.6) is 0 Å². The van der Waals surface area contributed by atoms with Gasteiger partial charge in [0.15, 0.2) is 5.69 Å². The Bertz CT molecular complexity index is 1270. The summed E-state index contributed by atoms with van der Waals surface area (Å²) in [6.45, 7) is 2.01. The minimum absolute atomic E-state index is 0. The molecule has 9 heteroatoms. The number of hydrogen-bond donors (Lipinski definition) is 2. The molecule has 5 rings (SSSR count). The van der Waals surface area contributed by atoms with E-state index < -0.39 is 0 Å². The summed E-state index contributed by atoms with van der Waals surface area (Å²) in [5.74, 6) is 0.235. The third-order valence-corrected chi connectivity index (χ3v) is 6.34. The molecule has 31 heavy (non-hydrogen) atoms. The van der Waals surface area contributed by atoms with E-state index in [9.17, 15) is 14.4 Å². The molecule has 2 bridgehead atoms. The van der Waals surface area contributed by atoms with Crippen LogP contribution in [0.3, 0.4) is 0 Å². The van der Waals surface area contributed by atoms with Gasteiger partial charge in [-0.1, -0.05) is 24.3 Å². The molecule has 2 N–H and O–H groups in total. The van der Waals surface area contributed by atoms with Crippen molar-refractivity contribution in [3.05, 3.63) is 74.6 Å². The number of carbonyl (C=O) groups excluding carboxylic acids is 1. The molecule has 4 heterocycles. The van der Waals surface area contributed by atoms with Crippen LogP contribution >= 0.6 is 12.4 Å².